The summed E-state index contributed by atoms with van der Waals surface area (Å²) in [5.74, 6) is 0. The molecule has 1 saturated carbocycles. The molecule has 2 unspecified atom stereocenters. The maximum atomic E-state index is 9.81. The van der Waals surface area contributed by atoms with Crippen molar-refractivity contribution in [3.63, 3.8) is 0 Å². The normalized spacial score (nSPS) is 27.7. The van der Waals surface area contributed by atoms with Gasteiger partial charge in [0.05, 0.1) is 12.1 Å². The Kier molecular flexibility index (Phi) is 3.41. The van der Waals surface area contributed by atoms with E-state index >= 15 is 0 Å². The summed E-state index contributed by atoms with van der Waals surface area (Å²) in [5, 5.41) is 13.2. The summed E-state index contributed by atoms with van der Waals surface area (Å²) in [4.78, 5) is 2.44. The standard InChI is InChI=1S/C15H22N2O/c18-15-5-3-4-14(15)16-12-6-8-13(9-7-12)17-10-1-2-11-17/h6-9,14-16,18H,1-5,10-11H2. The third-order valence-corrected chi connectivity index (χ3v) is 4.17. The van der Waals surface area contributed by atoms with Gasteiger partial charge in [0.25, 0.3) is 0 Å². The fourth-order valence-corrected chi connectivity index (χ4v) is 3.07. The van der Waals surface area contributed by atoms with Gasteiger partial charge in [0, 0.05) is 24.5 Å². The highest BCUT2D eigenvalue weighted by Gasteiger charge is 2.24. The Hall–Kier alpha value is -1.22. The highest BCUT2D eigenvalue weighted by molar-refractivity contribution is 5.56. The van der Waals surface area contributed by atoms with Crippen LogP contribution in [0.2, 0.25) is 0 Å². The molecular formula is C15H22N2O. The van der Waals surface area contributed by atoms with E-state index in [4.69, 9.17) is 0 Å². The number of hydrogen-bond donors (Lipinski definition) is 2. The number of benzene rings is 1. The van der Waals surface area contributed by atoms with Crippen LogP contribution in [0.1, 0.15) is 32.1 Å². The first-order chi connectivity index (χ1) is 8.83. The van der Waals surface area contributed by atoms with E-state index in [9.17, 15) is 5.11 Å². The van der Waals surface area contributed by atoms with Gasteiger partial charge in [0.15, 0.2) is 0 Å². The first-order valence-corrected chi connectivity index (χ1v) is 7.12. The third kappa shape index (κ3) is 2.46. The topological polar surface area (TPSA) is 35.5 Å². The van der Waals surface area contributed by atoms with Crippen LogP contribution < -0.4 is 10.2 Å². The second-order valence-corrected chi connectivity index (χ2v) is 5.49. The lowest BCUT2D eigenvalue weighted by atomic mass is 10.2. The van der Waals surface area contributed by atoms with Gasteiger partial charge in [-0.15, -0.1) is 0 Å². The van der Waals surface area contributed by atoms with Crippen LogP contribution in [0.4, 0.5) is 11.4 Å². The van der Waals surface area contributed by atoms with Crippen LogP contribution in [0.25, 0.3) is 0 Å². The Balaban J connectivity index is 1.63. The van der Waals surface area contributed by atoms with Gasteiger partial charge in [-0.3, -0.25) is 0 Å². The monoisotopic (exact) mass is 246 g/mol. The van der Waals surface area contributed by atoms with E-state index in [0.717, 1.165) is 24.9 Å². The fourth-order valence-electron chi connectivity index (χ4n) is 3.07. The van der Waals surface area contributed by atoms with E-state index in [-0.39, 0.29) is 12.1 Å². The fraction of sp³-hybridized carbons (Fsp3) is 0.600. The van der Waals surface area contributed by atoms with Gasteiger partial charge in [-0.05, 0) is 56.4 Å². The maximum Gasteiger partial charge on any atom is 0.0741 e. The molecule has 1 aromatic carbocycles. The van der Waals surface area contributed by atoms with Crippen LogP contribution in [0.3, 0.4) is 0 Å². The summed E-state index contributed by atoms with van der Waals surface area (Å²) in [6.07, 6.45) is 5.59. The first-order valence-electron chi connectivity index (χ1n) is 7.12. The molecule has 2 fully saturated rings. The Labute approximate surface area is 109 Å². The zero-order valence-electron chi connectivity index (χ0n) is 10.8. The lowest BCUT2D eigenvalue weighted by molar-refractivity contribution is 0.172. The van der Waals surface area contributed by atoms with Gasteiger partial charge in [-0.2, -0.15) is 0 Å². The Morgan fingerprint density at radius 1 is 1.00 bits per heavy atom. The summed E-state index contributed by atoms with van der Waals surface area (Å²) >= 11 is 0. The number of aliphatic hydroxyl groups excluding tert-OH is 1. The molecule has 1 saturated heterocycles. The van der Waals surface area contributed by atoms with Crippen LogP contribution >= 0.6 is 0 Å². The van der Waals surface area contributed by atoms with Crippen molar-refractivity contribution in [2.45, 2.75) is 44.2 Å². The molecule has 3 nitrogen and oxygen atoms in total. The molecule has 0 aromatic heterocycles. The summed E-state index contributed by atoms with van der Waals surface area (Å²) in [6.45, 7) is 2.38. The lowest BCUT2D eigenvalue weighted by Gasteiger charge is -2.20. The summed E-state index contributed by atoms with van der Waals surface area (Å²) in [7, 11) is 0. The predicted octanol–water partition coefficient (Wildman–Crippen LogP) is 2.61. The van der Waals surface area contributed by atoms with Crippen molar-refractivity contribution in [2.75, 3.05) is 23.3 Å². The molecule has 1 aliphatic heterocycles. The molecule has 0 bridgehead atoms. The van der Waals surface area contributed by atoms with Crippen molar-refractivity contribution in [2.24, 2.45) is 0 Å². The van der Waals surface area contributed by atoms with E-state index < -0.39 is 0 Å². The molecule has 0 amide bonds. The minimum Gasteiger partial charge on any atom is -0.391 e. The van der Waals surface area contributed by atoms with Gasteiger partial charge in [0.2, 0.25) is 0 Å². The van der Waals surface area contributed by atoms with Crippen LogP contribution in [0, 0.1) is 0 Å². The predicted molar refractivity (Wildman–Crippen MR) is 75.2 cm³/mol. The first kappa shape index (κ1) is 11.8. The molecule has 18 heavy (non-hydrogen) atoms. The second kappa shape index (κ2) is 5.19. The average Bonchev–Trinajstić information content (AvgIpc) is 3.03. The van der Waals surface area contributed by atoms with Crippen LogP contribution in [-0.4, -0.2) is 30.3 Å². The van der Waals surface area contributed by atoms with Crippen molar-refractivity contribution in [1.29, 1.82) is 0 Å². The Bertz CT molecular complexity index is 384. The van der Waals surface area contributed by atoms with Crippen molar-refractivity contribution in [1.82, 2.24) is 0 Å². The summed E-state index contributed by atoms with van der Waals surface area (Å²) in [6, 6.07) is 8.89. The van der Waals surface area contributed by atoms with Crippen LogP contribution in [-0.2, 0) is 0 Å². The van der Waals surface area contributed by atoms with E-state index in [1.54, 1.807) is 0 Å². The molecule has 98 valence electrons. The molecule has 0 radical (unpaired) electrons. The van der Waals surface area contributed by atoms with E-state index in [0.29, 0.717) is 0 Å². The van der Waals surface area contributed by atoms with Crippen molar-refractivity contribution in [3.8, 4) is 0 Å². The second-order valence-electron chi connectivity index (χ2n) is 5.49. The number of aliphatic hydroxyl groups is 1. The van der Waals surface area contributed by atoms with E-state index in [1.165, 1.54) is 31.6 Å². The number of rotatable bonds is 3. The summed E-state index contributed by atoms with van der Waals surface area (Å²) in [5.41, 5.74) is 2.45. The van der Waals surface area contributed by atoms with Gasteiger partial charge in [0.1, 0.15) is 0 Å². The number of anilines is 2. The molecule has 2 atom stereocenters. The zero-order valence-corrected chi connectivity index (χ0v) is 10.8. The molecule has 1 aromatic rings. The summed E-state index contributed by atoms with van der Waals surface area (Å²) < 4.78 is 0. The zero-order chi connectivity index (χ0) is 12.4. The quantitative estimate of drug-likeness (QED) is 0.860. The van der Waals surface area contributed by atoms with Crippen molar-refractivity contribution >= 4 is 11.4 Å². The van der Waals surface area contributed by atoms with Gasteiger partial charge < -0.3 is 15.3 Å². The molecule has 3 heteroatoms. The van der Waals surface area contributed by atoms with Gasteiger partial charge in [-0.25, -0.2) is 0 Å². The Morgan fingerprint density at radius 3 is 2.33 bits per heavy atom. The maximum absolute atomic E-state index is 9.81. The largest absolute Gasteiger partial charge is 0.391 e. The average molecular weight is 246 g/mol. The van der Waals surface area contributed by atoms with E-state index in [2.05, 4.69) is 34.5 Å². The van der Waals surface area contributed by atoms with Crippen molar-refractivity contribution < 1.29 is 5.11 Å². The highest BCUT2D eigenvalue weighted by atomic mass is 16.3. The van der Waals surface area contributed by atoms with Crippen LogP contribution in [0.15, 0.2) is 24.3 Å². The van der Waals surface area contributed by atoms with E-state index in [1.807, 2.05) is 0 Å². The lowest BCUT2D eigenvalue weighted by Crippen LogP contribution is -2.27. The van der Waals surface area contributed by atoms with Crippen molar-refractivity contribution in [3.05, 3.63) is 24.3 Å². The van der Waals surface area contributed by atoms with Crippen LogP contribution in [0.5, 0.6) is 0 Å². The van der Waals surface area contributed by atoms with Gasteiger partial charge in [-0.1, -0.05) is 0 Å². The Morgan fingerprint density at radius 2 is 1.72 bits per heavy atom. The molecule has 0 spiro atoms. The molecule has 2 aliphatic rings. The minimum atomic E-state index is -0.178. The molecule has 3 rings (SSSR count). The van der Waals surface area contributed by atoms with Gasteiger partial charge >= 0.3 is 0 Å². The highest BCUT2D eigenvalue weighted by Crippen LogP contribution is 2.25. The molecular weight excluding hydrogens is 224 g/mol. The molecule has 1 aliphatic carbocycles. The molecule has 2 N–H and O–H groups in total. The SMILES string of the molecule is OC1CCCC1Nc1ccc(N2CCCC2)cc1. The molecule has 1 heterocycles. The smallest absolute Gasteiger partial charge is 0.0741 e. The number of nitrogens with zero attached hydrogens (tertiary/aromatic N) is 1. The number of hydrogen-bond acceptors (Lipinski definition) is 3. The third-order valence-electron chi connectivity index (χ3n) is 4.17. The minimum absolute atomic E-state index is 0.178. The number of nitrogens with one attached hydrogen (secondary N) is 1.